The van der Waals surface area contributed by atoms with Crippen molar-refractivity contribution in [2.75, 3.05) is 38.0 Å². The predicted molar refractivity (Wildman–Crippen MR) is 114 cm³/mol. The zero-order valence-electron chi connectivity index (χ0n) is 17.1. The van der Waals surface area contributed by atoms with Gasteiger partial charge in [0.15, 0.2) is 0 Å². The number of hydrogen-bond donors (Lipinski definition) is 1. The average molecular weight is 420 g/mol. The Morgan fingerprint density at radius 1 is 1.00 bits per heavy atom. The van der Waals surface area contributed by atoms with Crippen LogP contribution in [0.4, 0.5) is 5.69 Å². The van der Waals surface area contributed by atoms with Crippen molar-refractivity contribution in [1.82, 2.24) is 24.9 Å². The predicted octanol–water partition coefficient (Wildman–Crippen LogP) is 1.85. The molecule has 9 nitrogen and oxygen atoms in total. The quantitative estimate of drug-likeness (QED) is 0.622. The second kappa shape index (κ2) is 9.94. The lowest BCUT2D eigenvalue weighted by molar-refractivity contribution is -0.133. The van der Waals surface area contributed by atoms with Gasteiger partial charge in [-0.15, -0.1) is 0 Å². The highest BCUT2D eigenvalue weighted by atomic mass is 16.5. The molecule has 1 fully saturated rings. The molecule has 0 unspecified atom stereocenters. The van der Waals surface area contributed by atoms with Gasteiger partial charge in [-0.3, -0.25) is 19.5 Å². The second-order valence-electron chi connectivity index (χ2n) is 7.32. The number of para-hydroxylation sites is 1. The molecule has 1 saturated heterocycles. The fourth-order valence-electron chi connectivity index (χ4n) is 3.43. The molecule has 9 heteroatoms. The van der Waals surface area contributed by atoms with E-state index in [-0.39, 0.29) is 11.8 Å². The number of hydrogen-bond acceptors (Lipinski definition) is 7. The lowest BCUT2D eigenvalue weighted by Gasteiger charge is -2.34. The number of carbonyl (C=O) groups excluding carboxylic acids is 2. The molecule has 0 atom stereocenters. The normalized spacial score (nSPS) is 14.4. The number of nitrogens with one attached hydrogen (secondary N) is 1. The zero-order valence-corrected chi connectivity index (χ0v) is 17.1. The summed E-state index contributed by atoms with van der Waals surface area (Å²) < 4.78 is 5.26. The van der Waals surface area contributed by atoms with E-state index in [9.17, 15) is 9.59 Å². The first-order valence-corrected chi connectivity index (χ1v) is 10.3. The van der Waals surface area contributed by atoms with E-state index in [0.717, 1.165) is 11.3 Å². The van der Waals surface area contributed by atoms with Crippen LogP contribution in [0.15, 0.2) is 59.4 Å². The monoisotopic (exact) mass is 420 g/mol. The number of aromatic nitrogens is 3. The molecule has 1 N–H and O–H groups in total. The summed E-state index contributed by atoms with van der Waals surface area (Å²) >= 11 is 0. The van der Waals surface area contributed by atoms with Crippen LogP contribution in [0.3, 0.4) is 0 Å². The van der Waals surface area contributed by atoms with Crippen LogP contribution in [0.1, 0.15) is 12.3 Å². The Labute approximate surface area is 180 Å². The highest BCUT2D eigenvalue weighted by Crippen LogP contribution is 2.15. The van der Waals surface area contributed by atoms with Gasteiger partial charge in [0.1, 0.15) is 0 Å². The fourth-order valence-corrected chi connectivity index (χ4v) is 3.43. The number of amides is 2. The van der Waals surface area contributed by atoms with Gasteiger partial charge in [0.05, 0.1) is 6.54 Å². The summed E-state index contributed by atoms with van der Waals surface area (Å²) in [5.41, 5.74) is 1.61. The first-order chi connectivity index (χ1) is 15.2. The highest BCUT2D eigenvalue weighted by molar-refractivity contribution is 5.92. The second-order valence-corrected chi connectivity index (χ2v) is 7.32. The molecule has 1 aliphatic rings. The number of rotatable bonds is 7. The van der Waals surface area contributed by atoms with Gasteiger partial charge in [-0.2, -0.15) is 4.98 Å². The maximum atomic E-state index is 12.5. The van der Waals surface area contributed by atoms with E-state index in [1.54, 1.807) is 24.5 Å². The topological polar surface area (TPSA) is 104 Å². The van der Waals surface area contributed by atoms with Crippen molar-refractivity contribution in [3.05, 3.63) is 60.7 Å². The van der Waals surface area contributed by atoms with Crippen LogP contribution >= 0.6 is 0 Å². The highest BCUT2D eigenvalue weighted by Gasteiger charge is 2.23. The van der Waals surface area contributed by atoms with Crippen molar-refractivity contribution < 1.29 is 14.1 Å². The van der Waals surface area contributed by atoms with Gasteiger partial charge < -0.3 is 14.7 Å². The largest absolute Gasteiger partial charge is 0.340 e. The van der Waals surface area contributed by atoms with E-state index in [0.29, 0.717) is 57.3 Å². The number of aryl methyl sites for hydroxylation is 1. The van der Waals surface area contributed by atoms with Crippen LogP contribution in [0.2, 0.25) is 0 Å². The summed E-state index contributed by atoms with van der Waals surface area (Å²) in [6.45, 7) is 2.85. The molecule has 160 valence electrons. The van der Waals surface area contributed by atoms with Gasteiger partial charge in [0.2, 0.25) is 23.5 Å². The molecule has 3 aromatic rings. The first kappa shape index (κ1) is 20.7. The lowest BCUT2D eigenvalue weighted by Crippen LogP contribution is -2.50. The number of anilines is 1. The molecule has 31 heavy (non-hydrogen) atoms. The van der Waals surface area contributed by atoms with Gasteiger partial charge in [-0.1, -0.05) is 23.4 Å². The molecule has 0 spiro atoms. The Hall–Kier alpha value is -3.59. The van der Waals surface area contributed by atoms with E-state index < -0.39 is 0 Å². The van der Waals surface area contributed by atoms with Crippen LogP contribution in [0, 0.1) is 0 Å². The van der Waals surface area contributed by atoms with E-state index in [4.69, 9.17) is 4.52 Å². The van der Waals surface area contributed by atoms with Crippen LogP contribution in [0.25, 0.3) is 11.4 Å². The lowest BCUT2D eigenvalue weighted by atomic mass is 10.2. The third-order valence-corrected chi connectivity index (χ3v) is 5.11. The number of piperazine rings is 1. The Balaban J connectivity index is 1.19. The van der Waals surface area contributed by atoms with E-state index in [1.165, 1.54) is 0 Å². The number of nitrogens with zero attached hydrogens (tertiary/aromatic N) is 5. The Morgan fingerprint density at radius 2 is 1.74 bits per heavy atom. The number of benzene rings is 1. The van der Waals surface area contributed by atoms with E-state index in [1.807, 2.05) is 35.2 Å². The smallest absolute Gasteiger partial charge is 0.238 e. The molecule has 0 saturated carbocycles. The molecule has 1 aliphatic heterocycles. The maximum Gasteiger partial charge on any atom is 0.238 e. The summed E-state index contributed by atoms with van der Waals surface area (Å²) in [4.78, 5) is 36.9. The molecule has 3 heterocycles. The average Bonchev–Trinajstić information content (AvgIpc) is 3.28. The fraction of sp³-hybridized carbons (Fsp3) is 0.318. The van der Waals surface area contributed by atoms with Gasteiger partial charge in [0.25, 0.3) is 0 Å². The Bertz CT molecular complexity index is 1000. The number of carbonyl (C=O) groups is 2. The molecule has 0 aliphatic carbocycles. The van der Waals surface area contributed by atoms with Crippen molar-refractivity contribution in [3.8, 4) is 11.4 Å². The SMILES string of the molecule is O=C(CN1CCN(C(=O)CCc2nc(-c3ccncc3)no2)CC1)Nc1ccccc1. The van der Waals surface area contributed by atoms with Crippen LogP contribution in [-0.2, 0) is 16.0 Å². The van der Waals surface area contributed by atoms with E-state index >= 15 is 0 Å². The summed E-state index contributed by atoms with van der Waals surface area (Å²) in [5, 5.41) is 6.85. The Morgan fingerprint density at radius 3 is 2.48 bits per heavy atom. The number of pyridine rings is 1. The standard InChI is InChI=1S/C22H24N6O3/c29-19(24-18-4-2-1-3-5-18)16-27-12-14-28(15-13-27)21(30)7-6-20-25-22(26-31-20)17-8-10-23-11-9-17/h1-5,8-11H,6-7,12-16H2,(H,24,29). The molecule has 2 amide bonds. The molecule has 4 rings (SSSR count). The third-order valence-electron chi connectivity index (χ3n) is 5.11. The van der Waals surface area contributed by atoms with Crippen LogP contribution in [0.5, 0.6) is 0 Å². The van der Waals surface area contributed by atoms with Gasteiger partial charge in [-0.25, -0.2) is 0 Å². The van der Waals surface area contributed by atoms with Crippen molar-refractivity contribution in [2.45, 2.75) is 12.8 Å². The minimum atomic E-state index is -0.0487. The zero-order chi connectivity index (χ0) is 21.5. The maximum absolute atomic E-state index is 12.5. The van der Waals surface area contributed by atoms with Crippen LogP contribution < -0.4 is 5.32 Å². The van der Waals surface area contributed by atoms with E-state index in [2.05, 4.69) is 25.3 Å². The van der Waals surface area contributed by atoms with Gasteiger partial charge in [-0.05, 0) is 24.3 Å². The molecule has 2 aromatic heterocycles. The van der Waals surface area contributed by atoms with Crippen molar-refractivity contribution in [3.63, 3.8) is 0 Å². The molecule has 0 radical (unpaired) electrons. The molecule has 1 aromatic carbocycles. The summed E-state index contributed by atoms with van der Waals surface area (Å²) in [7, 11) is 0. The summed E-state index contributed by atoms with van der Waals surface area (Å²) in [6, 6.07) is 13.0. The molecular formula is C22H24N6O3. The van der Waals surface area contributed by atoms with Crippen molar-refractivity contribution >= 4 is 17.5 Å². The molecule has 0 bridgehead atoms. The van der Waals surface area contributed by atoms with Crippen molar-refractivity contribution in [1.29, 1.82) is 0 Å². The Kier molecular flexibility index (Phi) is 6.63. The molecular weight excluding hydrogens is 396 g/mol. The first-order valence-electron chi connectivity index (χ1n) is 10.3. The van der Waals surface area contributed by atoms with Crippen LogP contribution in [-0.4, -0.2) is 69.5 Å². The minimum Gasteiger partial charge on any atom is -0.340 e. The minimum absolute atomic E-state index is 0.0487. The summed E-state index contributed by atoms with van der Waals surface area (Å²) in [6.07, 6.45) is 4.04. The van der Waals surface area contributed by atoms with Gasteiger partial charge in [0, 0.05) is 62.7 Å². The van der Waals surface area contributed by atoms with Crippen molar-refractivity contribution in [2.24, 2.45) is 0 Å². The summed E-state index contributed by atoms with van der Waals surface area (Å²) in [5.74, 6) is 0.938. The third kappa shape index (κ3) is 5.73. The van der Waals surface area contributed by atoms with Gasteiger partial charge >= 0.3 is 0 Å².